The molecule has 0 saturated heterocycles. The monoisotopic (exact) mass is 424 g/mol. The second-order valence-electron chi connectivity index (χ2n) is 7.61. The summed E-state index contributed by atoms with van der Waals surface area (Å²) in [7, 11) is 0. The molecule has 156 valence electrons. The van der Waals surface area contributed by atoms with Crippen LogP contribution >= 0.6 is 0 Å². The van der Waals surface area contributed by atoms with Crippen molar-refractivity contribution in [2.75, 3.05) is 0 Å². The average molecular weight is 424 g/mol. The number of fused-ring (bicyclic) bond motifs is 2. The maximum Gasteiger partial charge on any atom is 0.149 e. The third-order valence-electron chi connectivity index (χ3n) is 5.67. The Bertz CT molecular complexity index is 1550. The highest BCUT2D eigenvalue weighted by atomic mass is 19.1. The van der Waals surface area contributed by atoms with Crippen LogP contribution in [0.4, 0.5) is 8.78 Å². The summed E-state index contributed by atoms with van der Waals surface area (Å²) in [5.41, 5.74) is 4.75. The molecule has 0 atom stereocenters. The lowest BCUT2D eigenvalue weighted by Gasteiger charge is -2.09. The molecule has 2 aromatic heterocycles. The number of hydrogen-bond donors (Lipinski definition) is 1. The smallest absolute Gasteiger partial charge is 0.149 e. The van der Waals surface area contributed by atoms with Crippen molar-refractivity contribution in [2.45, 2.75) is 13.5 Å². The van der Waals surface area contributed by atoms with E-state index in [0.29, 0.717) is 34.5 Å². The molecule has 5 aromatic rings. The number of H-pyrrole nitrogens is 1. The van der Waals surface area contributed by atoms with Crippen molar-refractivity contribution in [1.29, 1.82) is 5.26 Å². The van der Waals surface area contributed by atoms with Gasteiger partial charge in [0.15, 0.2) is 0 Å². The number of aromatic amines is 1. The van der Waals surface area contributed by atoms with E-state index in [1.807, 2.05) is 41.8 Å². The molecule has 0 radical (unpaired) electrons. The van der Waals surface area contributed by atoms with Crippen LogP contribution in [0.1, 0.15) is 22.6 Å². The number of rotatable bonds is 4. The van der Waals surface area contributed by atoms with Crippen molar-refractivity contribution in [2.24, 2.45) is 0 Å². The predicted molar refractivity (Wildman–Crippen MR) is 122 cm³/mol. The van der Waals surface area contributed by atoms with E-state index in [9.17, 15) is 14.0 Å². The Morgan fingerprint density at radius 3 is 2.69 bits per heavy atom. The summed E-state index contributed by atoms with van der Waals surface area (Å²) in [6.45, 7) is 2.33. The third-order valence-corrected chi connectivity index (χ3v) is 5.67. The highest BCUT2D eigenvalue weighted by molar-refractivity contribution is 5.99. The normalized spacial score (nSPS) is 11.9. The Morgan fingerprint density at radius 2 is 1.88 bits per heavy atom. The number of aromatic nitrogens is 3. The van der Waals surface area contributed by atoms with Crippen molar-refractivity contribution in [3.63, 3.8) is 0 Å². The van der Waals surface area contributed by atoms with Crippen LogP contribution in [0.5, 0.6) is 0 Å². The molecule has 0 unspecified atom stereocenters. The number of halogens is 2. The van der Waals surface area contributed by atoms with Gasteiger partial charge in [-0.25, -0.2) is 13.8 Å². The van der Waals surface area contributed by atoms with Crippen LogP contribution in [0.25, 0.3) is 33.6 Å². The van der Waals surface area contributed by atoms with Crippen molar-refractivity contribution in [3.8, 4) is 6.07 Å². The summed E-state index contributed by atoms with van der Waals surface area (Å²) in [4.78, 5) is 7.48. The quantitative estimate of drug-likeness (QED) is 0.348. The predicted octanol–water partition coefficient (Wildman–Crippen LogP) is 6.22. The van der Waals surface area contributed by atoms with Crippen LogP contribution in [0.15, 0.2) is 66.7 Å². The second-order valence-corrected chi connectivity index (χ2v) is 7.61. The zero-order valence-electron chi connectivity index (χ0n) is 17.2. The molecule has 0 aliphatic carbocycles. The van der Waals surface area contributed by atoms with Crippen molar-refractivity contribution < 1.29 is 8.78 Å². The van der Waals surface area contributed by atoms with Crippen LogP contribution in [0, 0.1) is 29.9 Å². The van der Waals surface area contributed by atoms with Gasteiger partial charge in [-0.3, -0.25) is 0 Å². The van der Waals surface area contributed by atoms with E-state index in [4.69, 9.17) is 0 Å². The largest absolute Gasteiger partial charge is 0.340 e. The van der Waals surface area contributed by atoms with Crippen molar-refractivity contribution in [1.82, 2.24) is 14.5 Å². The first kappa shape index (κ1) is 19.7. The van der Waals surface area contributed by atoms with Gasteiger partial charge in [-0.2, -0.15) is 5.26 Å². The van der Waals surface area contributed by atoms with Gasteiger partial charge in [-0.05, 0) is 43.3 Å². The van der Waals surface area contributed by atoms with Crippen molar-refractivity contribution >= 4 is 33.6 Å². The Balaban J connectivity index is 1.66. The lowest BCUT2D eigenvalue weighted by molar-refractivity contribution is 0.600. The first-order chi connectivity index (χ1) is 15.5. The summed E-state index contributed by atoms with van der Waals surface area (Å²) in [5.74, 6) is -0.255. The van der Waals surface area contributed by atoms with Crippen LogP contribution < -0.4 is 0 Å². The lowest BCUT2D eigenvalue weighted by Crippen LogP contribution is -2.03. The summed E-state index contributed by atoms with van der Waals surface area (Å²) < 4.78 is 29.9. The molecule has 0 amide bonds. The van der Waals surface area contributed by atoms with Crippen LogP contribution in [0.2, 0.25) is 0 Å². The molecular formula is C26H18F2N4. The molecule has 0 aliphatic heterocycles. The second kappa shape index (κ2) is 7.78. The van der Waals surface area contributed by atoms with Gasteiger partial charge in [0.1, 0.15) is 23.5 Å². The Morgan fingerprint density at radius 1 is 1.09 bits per heavy atom. The van der Waals surface area contributed by atoms with Gasteiger partial charge in [0.05, 0.1) is 23.2 Å². The van der Waals surface area contributed by atoms with Gasteiger partial charge in [-0.1, -0.05) is 36.4 Å². The lowest BCUT2D eigenvalue weighted by atomic mass is 10.1. The summed E-state index contributed by atoms with van der Waals surface area (Å²) in [5, 5.41) is 10.8. The SMILES string of the molecule is Cc1c(/C=C(/C#N)c2nc3ccc(F)cc3[nH]2)c2ccccc2n1Cc1ccccc1F. The van der Waals surface area contributed by atoms with E-state index in [0.717, 1.165) is 22.2 Å². The number of imidazole rings is 1. The average Bonchev–Trinajstić information content (AvgIpc) is 3.32. The Kier molecular flexibility index (Phi) is 4.79. The maximum absolute atomic E-state index is 14.3. The van der Waals surface area contributed by atoms with Crippen LogP contribution in [-0.2, 0) is 6.54 Å². The van der Waals surface area contributed by atoms with Gasteiger partial charge in [-0.15, -0.1) is 0 Å². The first-order valence-corrected chi connectivity index (χ1v) is 10.1. The van der Waals surface area contributed by atoms with E-state index < -0.39 is 0 Å². The number of nitrogens with zero attached hydrogens (tertiary/aromatic N) is 3. The zero-order chi connectivity index (χ0) is 22.2. The topological polar surface area (TPSA) is 57.4 Å². The highest BCUT2D eigenvalue weighted by Crippen LogP contribution is 2.30. The minimum Gasteiger partial charge on any atom is -0.340 e. The number of nitrogens with one attached hydrogen (secondary N) is 1. The molecule has 1 N–H and O–H groups in total. The molecule has 0 bridgehead atoms. The minimum absolute atomic E-state index is 0.256. The molecule has 6 heteroatoms. The Hall–Kier alpha value is -4.24. The fourth-order valence-electron chi connectivity index (χ4n) is 4.05. The fourth-order valence-corrected chi connectivity index (χ4v) is 4.05. The standard InChI is InChI=1S/C26H18F2N4/c1-16-21(12-18(14-29)26-30-23-11-10-19(27)13-24(23)31-26)20-7-3-5-9-25(20)32(16)15-17-6-2-4-8-22(17)28/h2-13H,15H2,1H3,(H,30,31)/b18-12-. The summed E-state index contributed by atoms with van der Waals surface area (Å²) >= 11 is 0. The molecule has 3 aromatic carbocycles. The fraction of sp³-hybridized carbons (Fsp3) is 0.0769. The van der Waals surface area contributed by atoms with E-state index >= 15 is 0 Å². The number of nitriles is 1. The molecular weight excluding hydrogens is 406 g/mol. The Labute approximate surface area is 183 Å². The molecule has 5 rings (SSSR count). The maximum atomic E-state index is 14.3. The summed E-state index contributed by atoms with van der Waals surface area (Å²) in [6.07, 6.45) is 1.78. The van der Waals surface area contributed by atoms with Crippen LogP contribution in [-0.4, -0.2) is 14.5 Å². The highest BCUT2D eigenvalue weighted by Gasteiger charge is 2.16. The molecule has 0 spiro atoms. The van der Waals surface area contributed by atoms with Gasteiger partial charge >= 0.3 is 0 Å². The van der Waals surface area contributed by atoms with Gasteiger partial charge < -0.3 is 9.55 Å². The van der Waals surface area contributed by atoms with Gasteiger partial charge in [0.25, 0.3) is 0 Å². The van der Waals surface area contributed by atoms with Crippen molar-refractivity contribution in [3.05, 3.63) is 101 Å². The molecule has 32 heavy (non-hydrogen) atoms. The third kappa shape index (κ3) is 3.34. The van der Waals surface area contributed by atoms with E-state index in [1.54, 1.807) is 24.3 Å². The number of para-hydroxylation sites is 1. The molecule has 0 saturated carbocycles. The molecule has 0 fully saturated rings. The zero-order valence-corrected chi connectivity index (χ0v) is 17.2. The molecule has 2 heterocycles. The first-order valence-electron chi connectivity index (χ1n) is 10.1. The molecule has 0 aliphatic rings. The summed E-state index contributed by atoms with van der Waals surface area (Å²) in [6, 6.07) is 21.0. The van der Waals surface area contributed by atoms with Gasteiger partial charge in [0.2, 0.25) is 0 Å². The van der Waals surface area contributed by atoms with Gasteiger partial charge in [0, 0.05) is 27.7 Å². The van der Waals surface area contributed by atoms with E-state index in [-0.39, 0.29) is 11.6 Å². The number of benzene rings is 3. The van der Waals surface area contributed by atoms with E-state index in [2.05, 4.69) is 16.0 Å². The minimum atomic E-state index is -0.373. The number of hydrogen-bond acceptors (Lipinski definition) is 2. The number of allylic oxidation sites excluding steroid dienone is 1. The molecule has 4 nitrogen and oxygen atoms in total. The van der Waals surface area contributed by atoms with E-state index in [1.165, 1.54) is 18.2 Å². The van der Waals surface area contributed by atoms with Crippen LogP contribution in [0.3, 0.4) is 0 Å².